The largest absolute Gasteiger partial charge is 1.00 e. The van der Waals surface area contributed by atoms with Crippen LogP contribution in [0.25, 0.3) is 87.6 Å². The fourth-order valence-electron chi connectivity index (χ4n) is 13.7. The quantitative estimate of drug-likeness (QED) is 0.0181. The van der Waals surface area contributed by atoms with Crippen molar-refractivity contribution in [2.45, 2.75) is 52.4 Å². The SMILES string of the molecule is CC(C)(C)[O-].CCO.COCCOCCOCCOCC(C)COCCOCCOCCOC.COCCOCCOCCOCC(COCCOCCOCCOC)Oc1ccc(-c2c3ccccc3c(-c3ccc(OC(COCCOCCOCCOC)COCCOCCOCCOC)cc3)c3ccccc23)cc1.Oc1ccc(-c2c3ccccc3c(-c3ccc(O)cc3)c3ccccc23)cc1.[Na+]. The summed E-state index contributed by atoms with van der Waals surface area (Å²) in [4.78, 5) is 0. The smallest absolute Gasteiger partial charge is 0.850 e. The number of phenols is 2. The standard InChI is InChI=1S/C60H86O18.C26H18O2.C18H38O8.C4H9O.C2H6O.Na/c1-61-21-25-65-29-33-69-37-41-73-45-53(46-74-42-38-70-34-30-66-26-22-62-2)77-51-17-13-49(14-18-51)59-55-9-5-7-11-57(55)60(58-12-8-6-10-56(58)59)50-15-19-52(20-16-50)78-54(47-75-43-39-71-35-31-67-27-23-63-3)48-76-44-40-72-36-32-68-28-24-64-4;27-19-13-9-17(10-14-19)25-21-5-1-2-6-22(21)26(18-11-15-20(28)16-12-18)24-8-4-3-7-23(24)25;1-18(16-25-14-12-23-10-8-21-6-4-19-2)17-26-15-13-24-11-9-22-7-5-20-3;1-4(2,3)5;1-2-3;/h5-20,53-54H,21-48H2,1-4H3;1-16,27-28H;18H,4-17H2,1-3H3;1-3H3;3H,2H2,1H3;/q;;;-1;;+1. The molecule has 0 fully saturated rings. The molecule has 0 radical (unpaired) electrons. The van der Waals surface area contributed by atoms with E-state index in [0.29, 0.717) is 295 Å². The molecule has 0 heterocycles. The maximum absolute atomic E-state index is 10.1. The molecule has 0 atom stereocenters. The van der Waals surface area contributed by atoms with Gasteiger partial charge in [-0.1, -0.05) is 173 Å². The fraction of sp³-hybridized carbons (Fsp3) is 0.527. The third kappa shape index (κ3) is 53.9. The van der Waals surface area contributed by atoms with Gasteiger partial charge in [-0.25, -0.2) is 0 Å². The third-order valence-corrected chi connectivity index (χ3v) is 20.1. The number of benzene rings is 10. The van der Waals surface area contributed by atoms with Gasteiger partial charge in [-0.05, 0) is 143 Å². The number of hydrogen-bond donors (Lipinski definition) is 3. The third-order valence-electron chi connectivity index (χ3n) is 20.1. The molecule has 0 aromatic heterocycles. The molecule has 0 saturated heterocycles. The van der Waals surface area contributed by atoms with Crippen LogP contribution in [0.15, 0.2) is 194 Å². The first-order valence-corrected chi connectivity index (χ1v) is 48.2. The van der Waals surface area contributed by atoms with Crippen LogP contribution >= 0.6 is 0 Å². The van der Waals surface area contributed by atoms with Crippen molar-refractivity contribution >= 4 is 43.1 Å². The van der Waals surface area contributed by atoms with E-state index in [-0.39, 0.29) is 59.9 Å². The topological polar surface area (TPSA) is 324 Å². The van der Waals surface area contributed by atoms with Gasteiger partial charge in [0.05, 0.1) is 277 Å². The summed E-state index contributed by atoms with van der Waals surface area (Å²) in [5.74, 6) is 2.26. The van der Waals surface area contributed by atoms with Gasteiger partial charge in [0, 0.05) is 55.2 Å². The minimum Gasteiger partial charge on any atom is -0.850 e. The molecule has 141 heavy (non-hydrogen) atoms. The molecular weight excluding hydrogens is 1820 g/mol. The number of fused-ring (bicyclic) bond motifs is 4. The number of rotatable bonds is 74. The van der Waals surface area contributed by atoms with E-state index < -0.39 is 5.60 Å². The number of phenolic OH excluding ortho intramolecular Hbond substituents is 2. The molecule has 0 bridgehead atoms. The Bertz CT molecular complexity index is 4240. The fourth-order valence-corrected chi connectivity index (χ4v) is 13.7. The van der Waals surface area contributed by atoms with Crippen LogP contribution < -0.4 is 44.1 Å². The Morgan fingerprint density at radius 2 is 0.376 bits per heavy atom. The molecule has 10 aromatic carbocycles. The molecule has 30 nitrogen and oxygen atoms in total. The first kappa shape index (κ1) is 124. The average molecular weight is 1980 g/mol. The van der Waals surface area contributed by atoms with E-state index >= 15 is 0 Å². The molecule has 0 saturated carbocycles. The molecular formula is C110H157NaO30. The number of hydrogen-bond acceptors (Lipinski definition) is 30. The molecule has 0 amide bonds. The van der Waals surface area contributed by atoms with Crippen molar-refractivity contribution in [2.24, 2.45) is 5.92 Å². The Morgan fingerprint density at radius 1 is 0.234 bits per heavy atom. The second kappa shape index (κ2) is 80.6. The van der Waals surface area contributed by atoms with Crippen molar-refractivity contribution in [1.29, 1.82) is 0 Å². The summed E-state index contributed by atoms with van der Waals surface area (Å²) in [5, 5.41) is 46.3. The Kier molecular flexibility index (Phi) is 70.8. The maximum Gasteiger partial charge on any atom is 1.00 e. The summed E-state index contributed by atoms with van der Waals surface area (Å²) < 4.78 is 144. The van der Waals surface area contributed by atoms with Gasteiger partial charge in [-0.3, -0.25) is 0 Å². The van der Waals surface area contributed by atoms with Crippen molar-refractivity contribution in [2.75, 3.05) is 327 Å². The van der Waals surface area contributed by atoms with Gasteiger partial charge in [-0.2, -0.15) is 0 Å². The monoisotopic (exact) mass is 1980 g/mol. The summed E-state index contributed by atoms with van der Waals surface area (Å²) in [6.07, 6.45) is -0.756. The van der Waals surface area contributed by atoms with Gasteiger partial charge in [0.15, 0.2) is 0 Å². The van der Waals surface area contributed by atoms with Crippen LogP contribution in [0.3, 0.4) is 0 Å². The molecule has 31 heteroatoms. The Labute approximate surface area is 857 Å². The zero-order chi connectivity index (χ0) is 100. The van der Waals surface area contributed by atoms with Crippen LogP contribution in [-0.4, -0.2) is 360 Å². The van der Waals surface area contributed by atoms with Gasteiger partial charge in [-0.15, -0.1) is 5.60 Å². The van der Waals surface area contributed by atoms with E-state index in [1.165, 1.54) is 0 Å². The normalized spacial score (nSPS) is 11.4. The van der Waals surface area contributed by atoms with Crippen molar-refractivity contribution in [1.82, 2.24) is 0 Å². The summed E-state index contributed by atoms with van der Waals surface area (Å²) in [6.45, 7) is 30.0. The summed E-state index contributed by atoms with van der Waals surface area (Å²) in [6, 6.07) is 65.2. The Hall–Kier alpha value is -7.60. The molecule has 0 aliphatic heterocycles. The van der Waals surface area contributed by atoms with Crippen molar-refractivity contribution in [3.05, 3.63) is 194 Å². The summed E-state index contributed by atoms with van der Waals surface area (Å²) in [5.41, 5.74) is 8.11. The number of ether oxygens (including phenoxy) is 26. The first-order chi connectivity index (χ1) is 68.6. The predicted molar refractivity (Wildman–Crippen MR) is 544 cm³/mol. The van der Waals surface area contributed by atoms with Crippen molar-refractivity contribution < 1.29 is 173 Å². The van der Waals surface area contributed by atoms with E-state index in [4.69, 9.17) is 128 Å². The molecule has 0 unspecified atom stereocenters. The Balaban J connectivity index is 0.000000446. The molecule has 0 aliphatic rings. The van der Waals surface area contributed by atoms with Crippen LogP contribution in [0, 0.1) is 5.92 Å². The van der Waals surface area contributed by atoms with Crippen LogP contribution in [0.2, 0.25) is 0 Å². The minimum absolute atomic E-state index is 0. The van der Waals surface area contributed by atoms with E-state index in [2.05, 4.69) is 128 Å². The van der Waals surface area contributed by atoms with Gasteiger partial charge >= 0.3 is 29.6 Å². The number of methoxy groups -OCH3 is 6. The number of aliphatic hydroxyl groups is 1. The van der Waals surface area contributed by atoms with E-state index in [1.807, 2.05) is 48.5 Å². The molecule has 10 rings (SSSR count). The molecule has 10 aromatic rings. The number of aromatic hydroxyl groups is 2. The maximum atomic E-state index is 10.1. The number of aliphatic hydroxyl groups excluding tert-OH is 1. The Morgan fingerprint density at radius 3 is 0.539 bits per heavy atom. The van der Waals surface area contributed by atoms with E-state index in [9.17, 15) is 15.3 Å². The second-order valence-corrected chi connectivity index (χ2v) is 32.6. The zero-order valence-electron chi connectivity index (χ0n) is 85.5. The van der Waals surface area contributed by atoms with Crippen molar-refractivity contribution in [3.8, 4) is 67.5 Å². The summed E-state index contributed by atoms with van der Waals surface area (Å²) in [7, 11) is 9.90. The second-order valence-electron chi connectivity index (χ2n) is 32.6. The summed E-state index contributed by atoms with van der Waals surface area (Å²) >= 11 is 0. The van der Waals surface area contributed by atoms with Crippen LogP contribution in [0.5, 0.6) is 23.0 Å². The van der Waals surface area contributed by atoms with Gasteiger partial charge in [0.1, 0.15) is 35.2 Å². The zero-order valence-corrected chi connectivity index (χ0v) is 87.5. The molecule has 0 aliphatic carbocycles. The van der Waals surface area contributed by atoms with Crippen molar-refractivity contribution in [3.63, 3.8) is 0 Å². The first-order valence-electron chi connectivity index (χ1n) is 48.2. The van der Waals surface area contributed by atoms with Gasteiger partial charge in [0.2, 0.25) is 0 Å². The van der Waals surface area contributed by atoms with Crippen LogP contribution in [0.4, 0.5) is 0 Å². The van der Waals surface area contributed by atoms with Gasteiger partial charge < -0.3 is 144 Å². The van der Waals surface area contributed by atoms with Crippen LogP contribution in [-0.2, 0) is 114 Å². The molecule has 778 valence electrons. The van der Waals surface area contributed by atoms with Gasteiger partial charge in [0.25, 0.3) is 0 Å². The predicted octanol–water partition coefficient (Wildman–Crippen LogP) is 12.5. The van der Waals surface area contributed by atoms with Crippen LogP contribution in [0.1, 0.15) is 34.6 Å². The van der Waals surface area contributed by atoms with E-state index in [0.717, 1.165) is 87.6 Å². The minimum atomic E-state index is -0.750. The van der Waals surface area contributed by atoms with E-state index in [1.54, 1.807) is 94.6 Å². The molecule has 0 spiro atoms. The average Bonchev–Trinajstić information content (AvgIpc) is 0.741. The molecule has 3 N–H and O–H groups in total.